The molecular weight excluding hydrogens is 196 g/mol. The van der Waals surface area contributed by atoms with E-state index in [4.69, 9.17) is 0 Å². The molecule has 0 bridgehead atoms. The summed E-state index contributed by atoms with van der Waals surface area (Å²) in [4.78, 5) is 5.14. The molecule has 2 heteroatoms. The topological polar surface area (TPSA) is 6.48 Å². The van der Waals surface area contributed by atoms with Crippen LogP contribution in [0.4, 0.5) is 0 Å². The average molecular weight is 220 g/mol. The van der Waals surface area contributed by atoms with Crippen molar-refractivity contribution in [3.8, 4) is 0 Å². The molecule has 2 nitrogen and oxygen atoms in total. The number of rotatable bonds is 2. The summed E-state index contributed by atoms with van der Waals surface area (Å²) >= 11 is 0. The third kappa shape index (κ3) is 2.49. The number of piperazine rings is 1. The van der Waals surface area contributed by atoms with E-state index in [0.29, 0.717) is 12.1 Å². The van der Waals surface area contributed by atoms with Crippen molar-refractivity contribution in [1.82, 2.24) is 9.80 Å². The number of hydrogen-bond donors (Lipinski definition) is 0. The largest absolute Gasteiger partial charge is 0.367 e. The van der Waals surface area contributed by atoms with Gasteiger partial charge in [-0.1, -0.05) is 12.2 Å². The fourth-order valence-electron chi connectivity index (χ4n) is 2.65. The molecule has 1 atom stereocenters. The summed E-state index contributed by atoms with van der Waals surface area (Å²) in [6, 6.07) is 1.32. The maximum atomic E-state index is 2.58. The summed E-state index contributed by atoms with van der Waals surface area (Å²) in [5.41, 5.74) is 1.45. The van der Waals surface area contributed by atoms with E-state index in [1.54, 1.807) is 0 Å². The van der Waals surface area contributed by atoms with Crippen molar-refractivity contribution >= 4 is 0 Å². The first kappa shape index (κ1) is 11.7. The zero-order valence-electron chi connectivity index (χ0n) is 10.8. The minimum Gasteiger partial charge on any atom is -0.367 e. The van der Waals surface area contributed by atoms with Gasteiger partial charge in [0, 0.05) is 37.4 Å². The van der Waals surface area contributed by atoms with Gasteiger partial charge < -0.3 is 4.90 Å². The van der Waals surface area contributed by atoms with E-state index in [-0.39, 0.29) is 0 Å². The fraction of sp³-hybridized carbons (Fsp3) is 0.714. The quantitative estimate of drug-likeness (QED) is 0.706. The van der Waals surface area contributed by atoms with Crippen molar-refractivity contribution in [2.75, 3.05) is 19.6 Å². The van der Waals surface area contributed by atoms with Crippen LogP contribution in [0.1, 0.15) is 33.6 Å². The van der Waals surface area contributed by atoms with E-state index in [1.165, 1.54) is 38.2 Å². The van der Waals surface area contributed by atoms with Gasteiger partial charge in [0.2, 0.25) is 0 Å². The second kappa shape index (κ2) is 5.05. The molecule has 2 aliphatic rings. The Bertz CT molecular complexity index is 291. The number of nitrogens with zero attached hydrogens (tertiary/aromatic N) is 2. The molecule has 0 amide bonds. The molecule has 1 aliphatic heterocycles. The smallest absolute Gasteiger partial charge is 0.0389 e. The Balaban J connectivity index is 1.98. The van der Waals surface area contributed by atoms with Crippen molar-refractivity contribution in [1.29, 1.82) is 0 Å². The predicted octanol–water partition coefficient (Wildman–Crippen LogP) is 2.63. The van der Waals surface area contributed by atoms with E-state index in [0.717, 1.165) is 0 Å². The lowest BCUT2D eigenvalue weighted by atomic mass is 10.1. The molecule has 0 radical (unpaired) electrons. The van der Waals surface area contributed by atoms with Gasteiger partial charge in [0.15, 0.2) is 0 Å². The Hall–Kier alpha value is -0.760. The highest BCUT2D eigenvalue weighted by Gasteiger charge is 2.25. The van der Waals surface area contributed by atoms with Crippen LogP contribution in [-0.4, -0.2) is 41.5 Å². The number of allylic oxidation sites excluding steroid dienone is 3. The average Bonchev–Trinajstić information content (AvgIpc) is 2.30. The van der Waals surface area contributed by atoms with E-state index in [2.05, 4.69) is 48.8 Å². The second-order valence-electron chi connectivity index (χ2n) is 5.24. The highest BCUT2D eigenvalue weighted by molar-refractivity contribution is 5.22. The zero-order valence-corrected chi connectivity index (χ0v) is 10.8. The molecule has 0 saturated carbocycles. The van der Waals surface area contributed by atoms with Gasteiger partial charge in [-0.3, -0.25) is 4.90 Å². The van der Waals surface area contributed by atoms with Gasteiger partial charge >= 0.3 is 0 Å². The Kier molecular flexibility index (Phi) is 3.70. The van der Waals surface area contributed by atoms with E-state index in [1.807, 2.05) is 0 Å². The van der Waals surface area contributed by atoms with Crippen LogP contribution in [0.15, 0.2) is 23.9 Å². The van der Waals surface area contributed by atoms with Crippen molar-refractivity contribution < 1.29 is 0 Å². The summed E-state index contributed by atoms with van der Waals surface area (Å²) in [7, 11) is 0. The molecule has 0 N–H and O–H groups in total. The highest BCUT2D eigenvalue weighted by atomic mass is 15.3. The molecule has 0 aromatic heterocycles. The lowest BCUT2D eigenvalue weighted by molar-refractivity contribution is 0.0901. The molecule has 1 heterocycles. The molecule has 0 aromatic carbocycles. The van der Waals surface area contributed by atoms with Crippen LogP contribution in [0.2, 0.25) is 0 Å². The first-order valence-electron chi connectivity index (χ1n) is 6.56. The summed E-state index contributed by atoms with van der Waals surface area (Å²) in [5.74, 6) is 0. The van der Waals surface area contributed by atoms with Crippen LogP contribution < -0.4 is 0 Å². The van der Waals surface area contributed by atoms with Gasteiger partial charge in [-0.2, -0.15) is 0 Å². The van der Waals surface area contributed by atoms with Crippen LogP contribution in [0.25, 0.3) is 0 Å². The minimum absolute atomic E-state index is 0.644. The number of hydrogen-bond acceptors (Lipinski definition) is 2. The van der Waals surface area contributed by atoms with E-state index in [9.17, 15) is 0 Å². The molecule has 1 saturated heterocycles. The summed E-state index contributed by atoms with van der Waals surface area (Å²) < 4.78 is 0. The normalized spacial score (nSPS) is 27.4. The Morgan fingerprint density at radius 3 is 2.62 bits per heavy atom. The van der Waals surface area contributed by atoms with Gasteiger partial charge in [0.1, 0.15) is 0 Å². The van der Waals surface area contributed by atoms with E-state index >= 15 is 0 Å². The second-order valence-corrected chi connectivity index (χ2v) is 5.24. The molecular formula is C14H24N2. The first-order valence-corrected chi connectivity index (χ1v) is 6.56. The van der Waals surface area contributed by atoms with Crippen LogP contribution in [-0.2, 0) is 0 Å². The van der Waals surface area contributed by atoms with Crippen LogP contribution in [0.5, 0.6) is 0 Å². The molecule has 16 heavy (non-hydrogen) atoms. The fourth-order valence-corrected chi connectivity index (χ4v) is 2.65. The van der Waals surface area contributed by atoms with Crippen LogP contribution >= 0.6 is 0 Å². The maximum Gasteiger partial charge on any atom is 0.0389 e. The minimum atomic E-state index is 0.644. The molecule has 0 unspecified atom stereocenters. The summed E-state index contributed by atoms with van der Waals surface area (Å²) in [6.45, 7) is 10.5. The molecule has 1 aliphatic carbocycles. The van der Waals surface area contributed by atoms with Gasteiger partial charge in [0.05, 0.1) is 0 Å². The summed E-state index contributed by atoms with van der Waals surface area (Å²) in [5, 5.41) is 0. The lowest BCUT2D eigenvalue weighted by Gasteiger charge is -2.43. The van der Waals surface area contributed by atoms with Gasteiger partial charge in [0.25, 0.3) is 0 Å². The van der Waals surface area contributed by atoms with Gasteiger partial charge in [-0.25, -0.2) is 0 Å². The van der Waals surface area contributed by atoms with Crippen molar-refractivity contribution in [3.63, 3.8) is 0 Å². The van der Waals surface area contributed by atoms with Crippen molar-refractivity contribution in [2.24, 2.45) is 0 Å². The molecule has 90 valence electrons. The lowest BCUT2D eigenvalue weighted by Crippen LogP contribution is -2.53. The van der Waals surface area contributed by atoms with Crippen LogP contribution in [0, 0.1) is 0 Å². The monoisotopic (exact) mass is 220 g/mol. The van der Waals surface area contributed by atoms with Crippen molar-refractivity contribution in [3.05, 3.63) is 23.9 Å². The predicted molar refractivity (Wildman–Crippen MR) is 69.3 cm³/mol. The first-order chi connectivity index (χ1) is 7.68. The molecule has 0 spiro atoms. The molecule has 1 fully saturated rings. The SMILES string of the molecule is CC(C)N1CCN(C2=CCCC=C2)[C@H](C)C1. The Morgan fingerprint density at radius 2 is 2.06 bits per heavy atom. The zero-order chi connectivity index (χ0) is 11.5. The maximum absolute atomic E-state index is 2.58. The third-order valence-corrected chi connectivity index (χ3v) is 3.70. The standard InChI is InChI=1S/C14H24N2/c1-12(2)15-9-10-16(13(3)11-15)14-7-5-4-6-8-14/h5,7-8,12-13H,4,6,9-11H2,1-3H3/t13-/m1/s1. The third-order valence-electron chi connectivity index (χ3n) is 3.70. The van der Waals surface area contributed by atoms with Crippen LogP contribution in [0.3, 0.4) is 0 Å². The van der Waals surface area contributed by atoms with Crippen molar-refractivity contribution in [2.45, 2.75) is 45.7 Å². The van der Waals surface area contributed by atoms with E-state index < -0.39 is 0 Å². The van der Waals surface area contributed by atoms with Gasteiger partial charge in [-0.05, 0) is 39.7 Å². The Labute approximate surface area is 99.6 Å². The molecule has 2 rings (SSSR count). The van der Waals surface area contributed by atoms with Gasteiger partial charge in [-0.15, -0.1) is 0 Å². The summed E-state index contributed by atoms with van der Waals surface area (Å²) in [6.07, 6.45) is 9.41. The highest BCUT2D eigenvalue weighted by Crippen LogP contribution is 2.21. The molecule has 0 aromatic rings. The Morgan fingerprint density at radius 1 is 1.25 bits per heavy atom.